The maximum atomic E-state index is 13.8. The van der Waals surface area contributed by atoms with Crippen molar-refractivity contribution in [3.63, 3.8) is 0 Å². The zero-order chi connectivity index (χ0) is 22.3. The molecule has 2 aromatic carbocycles. The van der Waals surface area contributed by atoms with Gasteiger partial charge in [0.25, 0.3) is 0 Å². The van der Waals surface area contributed by atoms with Gasteiger partial charge < -0.3 is 14.3 Å². The fraction of sp³-hybridized carbons (Fsp3) is 0.409. The molecule has 0 spiro atoms. The number of benzene rings is 2. The summed E-state index contributed by atoms with van der Waals surface area (Å²) in [5, 5.41) is 0. The molecule has 3 rings (SSSR count). The number of hydrogen-bond donors (Lipinski definition) is 0. The van der Waals surface area contributed by atoms with Crippen molar-refractivity contribution in [2.45, 2.75) is 45.5 Å². The Bertz CT molecular complexity index is 833. The van der Waals surface area contributed by atoms with Crippen LogP contribution in [0.2, 0.25) is 0 Å². The number of aldehydes is 1. The molecule has 0 N–H and O–H groups in total. The summed E-state index contributed by atoms with van der Waals surface area (Å²) in [4.78, 5) is 11.6. The van der Waals surface area contributed by atoms with Crippen LogP contribution in [0.25, 0.3) is 0 Å². The van der Waals surface area contributed by atoms with Crippen LogP contribution in [0.5, 0.6) is 0 Å². The number of rotatable bonds is 5. The monoisotopic (exact) mass is 679 g/mol. The van der Waals surface area contributed by atoms with Crippen molar-refractivity contribution in [1.82, 2.24) is 0 Å². The van der Waals surface area contributed by atoms with Crippen molar-refractivity contribution in [2.75, 3.05) is 6.61 Å². The fourth-order valence-electron chi connectivity index (χ4n) is 3.73. The number of hydrogen-bond acceptors (Lipinski definition) is 3. The Hall–Kier alpha value is -0.0656. The average molecular weight is 679 g/mol. The molecule has 4 unspecified atom stereocenters. The van der Waals surface area contributed by atoms with Gasteiger partial charge in [-0.25, -0.2) is 8.78 Å². The zero-order valence-electron chi connectivity index (χ0n) is 16.9. The Morgan fingerprint density at radius 2 is 1.77 bits per heavy atom. The SMILES string of the molecule is Cc1cc(C)cc(C(C)OC2OCCC(C=O)C2c2ccc(F)c(F)c2)c1.[I][V][I]. The van der Waals surface area contributed by atoms with Gasteiger partial charge in [-0.3, -0.25) is 0 Å². The van der Waals surface area contributed by atoms with E-state index in [1.54, 1.807) is 0 Å². The topological polar surface area (TPSA) is 35.5 Å². The second-order valence-corrected chi connectivity index (χ2v) is 19.1. The first-order valence-corrected chi connectivity index (χ1v) is 18.5. The Morgan fingerprint density at radius 1 is 1.13 bits per heavy atom. The van der Waals surface area contributed by atoms with Crippen molar-refractivity contribution >= 4 is 46.2 Å². The van der Waals surface area contributed by atoms with Crippen LogP contribution in [0.15, 0.2) is 36.4 Å². The van der Waals surface area contributed by atoms with Gasteiger partial charge in [0.05, 0.1) is 12.7 Å². The molecule has 163 valence electrons. The summed E-state index contributed by atoms with van der Waals surface area (Å²) in [6.07, 6.45) is 0.387. The average Bonchev–Trinajstić information content (AvgIpc) is 2.70. The molecule has 1 aliphatic rings. The predicted molar refractivity (Wildman–Crippen MR) is 126 cm³/mol. The number of carbonyl (C=O) groups excluding carboxylic acids is 1. The molecule has 1 saturated heterocycles. The van der Waals surface area contributed by atoms with Crippen LogP contribution in [0.3, 0.4) is 0 Å². The molecule has 1 heterocycles. The summed E-state index contributed by atoms with van der Waals surface area (Å²) in [5.41, 5.74) is 3.78. The molecule has 0 saturated carbocycles. The van der Waals surface area contributed by atoms with Crippen molar-refractivity contribution in [3.05, 3.63) is 70.3 Å². The Morgan fingerprint density at radius 3 is 2.33 bits per heavy atom. The number of carbonyl (C=O) groups is 1. The molecule has 2 aromatic rings. The number of ether oxygens (including phenoxy) is 2. The molecule has 0 radical (unpaired) electrons. The summed E-state index contributed by atoms with van der Waals surface area (Å²) in [6.45, 7) is 6.35. The first-order chi connectivity index (χ1) is 14.3. The zero-order valence-corrected chi connectivity index (χ0v) is 22.7. The number of halogens is 4. The molecule has 0 aromatic heterocycles. The molecule has 1 fully saturated rings. The van der Waals surface area contributed by atoms with Gasteiger partial charge in [0.1, 0.15) is 6.29 Å². The van der Waals surface area contributed by atoms with E-state index in [4.69, 9.17) is 9.47 Å². The first kappa shape index (κ1) is 26.2. The van der Waals surface area contributed by atoms with Crippen LogP contribution < -0.4 is 0 Å². The van der Waals surface area contributed by atoms with E-state index in [1.807, 2.05) is 32.9 Å². The molecule has 0 bridgehead atoms. The molecule has 30 heavy (non-hydrogen) atoms. The van der Waals surface area contributed by atoms with Crippen molar-refractivity contribution in [1.29, 1.82) is 0 Å². The minimum atomic E-state index is -0.941. The predicted octanol–water partition coefficient (Wildman–Crippen LogP) is 6.77. The van der Waals surface area contributed by atoms with E-state index < -0.39 is 23.8 Å². The first-order valence-electron chi connectivity index (χ1n) is 9.48. The standard InChI is InChI=1S/C22H24F2O3.2HI.V/c1-13-8-14(2)10-18(9-13)15(3)27-22-21(17(12-25)6-7-26-22)16-4-5-19(23)20(24)11-16;;;/h4-5,8-12,15,17,21-22H,6-7H2,1-3H3;2*1H;/q;;;+2/p-2. The fourth-order valence-corrected chi connectivity index (χ4v) is 3.73. The molecular formula is C22H24F2I2O3V. The van der Waals surface area contributed by atoms with Gasteiger partial charge in [-0.05, 0) is 50.5 Å². The third-order valence-electron chi connectivity index (χ3n) is 5.04. The van der Waals surface area contributed by atoms with E-state index in [9.17, 15) is 13.6 Å². The van der Waals surface area contributed by atoms with E-state index in [0.717, 1.165) is 35.1 Å². The van der Waals surface area contributed by atoms with Gasteiger partial charge >= 0.3 is 49.4 Å². The van der Waals surface area contributed by atoms with Gasteiger partial charge in [-0.2, -0.15) is 0 Å². The summed E-state index contributed by atoms with van der Waals surface area (Å²) in [7, 11) is 0.628. The van der Waals surface area contributed by atoms with Crippen molar-refractivity contribution in [2.24, 2.45) is 5.92 Å². The minimum absolute atomic E-state index is 0.271. The Labute approximate surface area is 205 Å². The van der Waals surface area contributed by atoms with Gasteiger partial charge in [-0.1, -0.05) is 35.4 Å². The second kappa shape index (κ2) is 12.8. The number of aryl methyl sites for hydroxylation is 2. The van der Waals surface area contributed by atoms with Gasteiger partial charge in [0, 0.05) is 11.8 Å². The van der Waals surface area contributed by atoms with Crippen LogP contribution in [0.4, 0.5) is 8.78 Å². The Kier molecular flexibility index (Phi) is 11.2. The quantitative estimate of drug-likeness (QED) is 0.259. The normalized spacial score (nSPS) is 21.9. The summed E-state index contributed by atoms with van der Waals surface area (Å²) >= 11 is 4.74. The second-order valence-electron chi connectivity index (χ2n) is 7.29. The molecule has 0 amide bonds. The van der Waals surface area contributed by atoms with Gasteiger partial charge in [-0.15, -0.1) is 0 Å². The molecule has 8 heteroatoms. The molecule has 0 aliphatic carbocycles. The van der Waals surface area contributed by atoms with Crippen LogP contribution in [-0.2, 0) is 23.7 Å². The van der Waals surface area contributed by atoms with Crippen molar-refractivity contribution < 1.29 is 32.5 Å². The van der Waals surface area contributed by atoms with E-state index in [-0.39, 0.29) is 12.0 Å². The molecule has 3 nitrogen and oxygen atoms in total. The van der Waals surface area contributed by atoms with Crippen LogP contribution in [0, 0.1) is 31.4 Å². The van der Waals surface area contributed by atoms with E-state index in [2.05, 4.69) is 46.0 Å². The van der Waals surface area contributed by atoms with E-state index in [0.29, 0.717) is 28.1 Å². The summed E-state index contributed by atoms with van der Waals surface area (Å²) in [6, 6.07) is 9.87. The van der Waals surface area contributed by atoms with Crippen LogP contribution in [0.1, 0.15) is 47.6 Å². The van der Waals surface area contributed by atoms with Gasteiger partial charge in [0.15, 0.2) is 17.9 Å². The van der Waals surface area contributed by atoms with Crippen LogP contribution in [-0.4, -0.2) is 19.2 Å². The molecular weight excluding hydrogens is 655 g/mol. The molecule has 1 aliphatic heterocycles. The van der Waals surface area contributed by atoms with Crippen molar-refractivity contribution in [3.8, 4) is 0 Å². The maximum absolute atomic E-state index is 13.8. The van der Waals surface area contributed by atoms with Crippen LogP contribution >= 0.6 is 40.0 Å². The third kappa shape index (κ3) is 7.23. The Balaban J connectivity index is 0.00000101. The van der Waals surface area contributed by atoms with E-state index >= 15 is 0 Å². The third-order valence-corrected chi connectivity index (χ3v) is 5.04. The summed E-state index contributed by atoms with van der Waals surface area (Å²) in [5.74, 6) is -2.72. The van der Waals surface area contributed by atoms with Gasteiger partial charge in [0.2, 0.25) is 0 Å². The van der Waals surface area contributed by atoms with E-state index in [1.165, 1.54) is 6.07 Å². The summed E-state index contributed by atoms with van der Waals surface area (Å²) < 4.78 is 39.1. The molecule has 4 atom stereocenters.